The molecule has 2 amide bonds. The number of nitrogens with zero attached hydrogens (tertiary/aromatic N) is 2. The van der Waals surface area contributed by atoms with Gasteiger partial charge in [-0.1, -0.05) is 29.4 Å². The molecule has 0 saturated heterocycles. The third-order valence-corrected chi connectivity index (χ3v) is 5.15. The van der Waals surface area contributed by atoms with Gasteiger partial charge in [0, 0.05) is 23.5 Å². The van der Waals surface area contributed by atoms with Crippen molar-refractivity contribution in [1.82, 2.24) is 15.5 Å². The first-order valence-corrected chi connectivity index (χ1v) is 10.6. The molecule has 1 heterocycles. The van der Waals surface area contributed by atoms with E-state index in [9.17, 15) is 9.59 Å². The van der Waals surface area contributed by atoms with E-state index in [2.05, 4.69) is 20.8 Å². The van der Waals surface area contributed by atoms with Crippen LogP contribution in [0.15, 0.2) is 57.9 Å². The van der Waals surface area contributed by atoms with Gasteiger partial charge in [-0.05, 0) is 43.7 Å². The molecule has 0 bridgehead atoms. The first kappa shape index (κ1) is 21.6. The van der Waals surface area contributed by atoms with Crippen LogP contribution in [0.2, 0.25) is 0 Å². The lowest BCUT2D eigenvalue weighted by atomic mass is 10.1. The number of thioether (sulfide) groups is 1. The largest absolute Gasteiger partial charge is 0.354 e. The van der Waals surface area contributed by atoms with E-state index in [1.165, 1.54) is 11.8 Å². The number of carbonyl (C=O) groups is 2. The van der Waals surface area contributed by atoms with E-state index in [1.807, 2.05) is 44.2 Å². The average molecular weight is 425 g/mol. The zero-order chi connectivity index (χ0) is 21.5. The monoisotopic (exact) mass is 424 g/mol. The molecule has 0 fully saturated rings. The summed E-state index contributed by atoms with van der Waals surface area (Å²) < 4.78 is 4.98. The number of anilines is 1. The fraction of sp³-hybridized carbons (Fsp3) is 0.273. The third kappa shape index (κ3) is 6.18. The molecule has 30 heavy (non-hydrogen) atoms. The van der Waals surface area contributed by atoms with Gasteiger partial charge >= 0.3 is 0 Å². The second-order valence-electron chi connectivity index (χ2n) is 7.06. The van der Waals surface area contributed by atoms with E-state index in [0.29, 0.717) is 35.1 Å². The molecule has 2 N–H and O–H groups in total. The summed E-state index contributed by atoms with van der Waals surface area (Å²) in [5, 5.41) is 9.66. The molecule has 0 aliphatic rings. The molecular weight excluding hydrogens is 400 g/mol. The number of nitrogens with one attached hydrogen (secondary N) is 2. The first-order chi connectivity index (χ1) is 14.4. The second-order valence-corrected chi connectivity index (χ2v) is 8.08. The SMILES string of the molecule is Cc1nc(CSc2ccccc2C(=O)Nc2ccc(CC(=O)NC(C)C)cc2)no1. The van der Waals surface area contributed by atoms with Crippen LogP contribution in [0.1, 0.15) is 41.5 Å². The number of aromatic nitrogens is 2. The Morgan fingerprint density at radius 3 is 2.50 bits per heavy atom. The van der Waals surface area contributed by atoms with Crippen molar-refractivity contribution < 1.29 is 14.1 Å². The van der Waals surface area contributed by atoms with E-state index in [-0.39, 0.29) is 17.9 Å². The van der Waals surface area contributed by atoms with Crippen LogP contribution < -0.4 is 10.6 Å². The van der Waals surface area contributed by atoms with Gasteiger partial charge in [-0.3, -0.25) is 9.59 Å². The number of benzene rings is 2. The standard InChI is InChI=1S/C22H24N4O3S/c1-14(2)23-21(27)12-16-8-10-17(11-9-16)25-22(28)18-6-4-5-7-19(18)30-13-20-24-15(3)29-26-20/h4-11,14H,12-13H2,1-3H3,(H,23,27)(H,25,28). The molecule has 2 aromatic carbocycles. The van der Waals surface area contributed by atoms with Gasteiger partial charge in [0.1, 0.15) is 0 Å². The summed E-state index contributed by atoms with van der Waals surface area (Å²) >= 11 is 1.48. The van der Waals surface area contributed by atoms with Crippen molar-refractivity contribution in [3.05, 3.63) is 71.4 Å². The molecule has 3 rings (SSSR count). The Balaban J connectivity index is 1.62. The molecule has 156 valence electrons. The molecule has 0 saturated carbocycles. The van der Waals surface area contributed by atoms with Crippen LogP contribution in [0.4, 0.5) is 5.69 Å². The van der Waals surface area contributed by atoms with E-state index in [4.69, 9.17) is 4.52 Å². The molecule has 3 aromatic rings. The van der Waals surface area contributed by atoms with Gasteiger partial charge in [-0.2, -0.15) is 4.98 Å². The van der Waals surface area contributed by atoms with E-state index in [1.54, 1.807) is 25.1 Å². The fourth-order valence-electron chi connectivity index (χ4n) is 2.79. The Labute approximate surface area is 179 Å². The Bertz CT molecular complexity index is 1020. The number of rotatable bonds is 8. The number of carbonyl (C=O) groups excluding carboxylic acids is 2. The first-order valence-electron chi connectivity index (χ1n) is 9.61. The number of hydrogen-bond donors (Lipinski definition) is 2. The summed E-state index contributed by atoms with van der Waals surface area (Å²) in [6.45, 7) is 5.59. The molecule has 0 spiro atoms. The van der Waals surface area contributed by atoms with Crippen LogP contribution >= 0.6 is 11.8 Å². The van der Waals surface area contributed by atoms with Crippen molar-refractivity contribution in [2.24, 2.45) is 0 Å². The van der Waals surface area contributed by atoms with Crippen molar-refractivity contribution in [2.45, 2.75) is 43.9 Å². The minimum atomic E-state index is -0.201. The van der Waals surface area contributed by atoms with Crippen molar-refractivity contribution in [3.63, 3.8) is 0 Å². The topological polar surface area (TPSA) is 97.1 Å². The summed E-state index contributed by atoms with van der Waals surface area (Å²) in [5.41, 5.74) is 2.13. The number of amides is 2. The van der Waals surface area contributed by atoms with Crippen LogP contribution in [-0.2, 0) is 17.0 Å². The smallest absolute Gasteiger partial charge is 0.256 e. The zero-order valence-electron chi connectivity index (χ0n) is 17.1. The van der Waals surface area contributed by atoms with E-state index >= 15 is 0 Å². The number of hydrogen-bond acceptors (Lipinski definition) is 6. The van der Waals surface area contributed by atoms with Gasteiger partial charge in [0.05, 0.1) is 17.7 Å². The lowest BCUT2D eigenvalue weighted by Crippen LogP contribution is -2.31. The molecular formula is C22H24N4O3S. The van der Waals surface area contributed by atoms with Crippen LogP contribution in [0.25, 0.3) is 0 Å². The van der Waals surface area contributed by atoms with Crippen molar-refractivity contribution >= 4 is 29.3 Å². The zero-order valence-corrected chi connectivity index (χ0v) is 18.0. The van der Waals surface area contributed by atoms with Crippen LogP contribution in [-0.4, -0.2) is 28.0 Å². The highest BCUT2D eigenvalue weighted by molar-refractivity contribution is 7.98. The highest BCUT2D eigenvalue weighted by atomic mass is 32.2. The van der Waals surface area contributed by atoms with E-state index < -0.39 is 0 Å². The molecule has 0 aliphatic carbocycles. The lowest BCUT2D eigenvalue weighted by Gasteiger charge is -2.11. The van der Waals surface area contributed by atoms with Crippen LogP contribution in [0.5, 0.6) is 0 Å². The maximum absolute atomic E-state index is 12.8. The van der Waals surface area contributed by atoms with Gasteiger partial charge in [0.25, 0.3) is 5.91 Å². The minimum absolute atomic E-state index is 0.0236. The number of aryl methyl sites for hydroxylation is 1. The predicted molar refractivity (Wildman–Crippen MR) is 116 cm³/mol. The van der Waals surface area contributed by atoms with Crippen molar-refractivity contribution in [1.29, 1.82) is 0 Å². The Morgan fingerprint density at radius 2 is 1.83 bits per heavy atom. The highest BCUT2D eigenvalue weighted by Gasteiger charge is 2.13. The van der Waals surface area contributed by atoms with Gasteiger partial charge in [-0.15, -0.1) is 11.8 Å². The molecule has 7 nitrogen and oxygen atoms in total. The molecule has 8 heteroatoms. The summed E-state index contributed by atoms with van der Waals surface area (Å²) in [5.74, 6) is 1.39. The normalized spacial score (nSPS) is 10.8. The highest BCUT2D eigenvalue weighted by Crippen LogP contribution is 2.26. The Kier molecular flexibility index (Phi) is 7.24. The Hall–Kier alpha value is -3.13. The second kappa shape index (κ2) is 10.1. The van der Waals surface area contributed by atoms with Crippen LogP contribution in [0.3, 0.4) is 0 Å². The summed E-state index contributed by atoms with van der Waals surface area (Å²) in [6, 6.07) is 14.8. The fourth-order valence-corrected chi connectivity index (χ4v) is 3.68. The van der Waals surface area contributed by atoms with Gasteiger partial charge in [0.2, 0.25) is 11.8 Å². The van der Waals surface area contributed by atoms with Gasteiger partial charge in [-0.25, -0.2) is 0 Å². The minimum Gasteiger partial charge on any atom is -0.354 e. The van der Waals surface area contributed by atoms with Gasteiger partial charge < -0.3 is 15.2 Å². The molecule has 0 unspecified atom stereocenters. The Morgan fingerprint density at radius 1 is 1.10 bits per heavy atom. The quantitative estimate of drug-likeness (QED) is 0.531. The predicted octanol–water partition coefficient (Wildman–Crippen LogP) is 3.99. The van der Waals surface area contributed by atoms with Crippen molar-refractivity contribution in [3.8, 4) is 0 Å². The molecule has 0 aliphatic heterocycles. The third-order valence-electron chi connectivity index (χ3n) is 4.08. The van der Waals surface area contributed by atoms with Gasteiger partial charge in [0.15, 0.2) is 5.82 Å². The maximum atomic E-state index is 12.8. The van der Waals surface area contributed by atoms with E-state index in [0.717, 1.165) is 10.5 Å². The van der Waals surface area contributed by atoms with Crippen molar-refractivity contribution in [2.75, 3.05) is 5.32 Å². The van der Waals surface area contributed by atoms with Crippen LogP contribution in [0, 0.1) is 6.92 Å². The summed E-state index contributed by atoms with van der Waals surface area (Å²) in [6.07, 6.45) is 0.307. The molecule has 1 aromatic heterocycles. The summed E-state index contributed by atoms with van der Waals surface area (Å²) in [4.78, 5) is 29.7. The molecule has 0 radical (unpaired) electrons. The maximum Gasteiger partial charge on any atom is 0.256 e. The average Bonchev–Trinajstić information content (AvgIpc) is 3.12. The summed E-state index contributed by atoms with van der Waals surface area (Å²) in [7, 11) is 0. The lowest BCUT2D eigenvalue weighted by molar-refractivity contribution is -0.120. The molecule has 0 atom stereocenters.